The van der Waals surface area contributed by atoms with Gasteiger partial charge in [-0.15, -0.1) is 11.6 Å². The highest BCUT2D eigenvalue weighted by atomic mass is 35.5. The number of aromatic nitrogens is 2. The van der Waals surface area contributed by atoms with Gasteiger partial charge in [0.15, 0.2) is 0 Å². The van der Waals surface area contributed by atoms with Crippen molar-refractivity contribution in [1.82, 2.24) is 9.55 Å². The molecule has 0 aliphatic heterocycles. The lowest BCUT2D eigenvalue weighted by Crippen LogP contribution is -2.26. The Hall–Kier alpha value is -2.33. The molecule has 0 bridgehead atoms. The van der Waals surface area contributed by atoms with Gasteiger partial charge in [-0.3, -0.25) is 9.55 Å². The molecule has 0 radical (unpaired) electrons. The van der Waals surface area contributed by atoms with Gasteiger partial charge < -0.3 is 4.74 Å². The van der Waals surface area contributed by atoms with Gasteiger partial charge in [-0.05, 0) is 38.5 Å². The maximum absolute atomic E-state index is 12.2. The van der Waals surface area contributed by atoms with E-state index in [1.165, 1.54) is 4.57 Å². The molecule has 0 atom stereocenters. The molecule has 24 heavy (non-hydrogen) atoms. The van der Waals surface area contributed by atoms with Crippen molar-refractivity contribution in [3.8, 4) is 11.3 Å². The predicted molar refractivity (Wildman–Crippen MR) is 96.4 cm³/mol. The molecule has 0 fully saturated rings. The first kappa shape index (κ1) is 16.5. The summed E-state index contributed by atoms with van der Waals surface area (Å²) < 4.78 is 6.87. The van der Waals surface area contributed by atoms with E-state index in [1.807, 2.05) is 51.1 Å². The lowest BCUT2D eigenvalue weighted by molar-refractivity contribution is 0.0538. The average molecular weight is 343 g/mol. The van der Waals surface area contributed by atoms with Crippen LogP contribution in [-0.4, -0.2) is 21.2 Å². The summed E-state index contributed by atoms with van der Waals surface area (Å²) in [7, 11) is 0. The van der Waals surface area contributed by atoms with E-state index in [1.54, 1.807) is 18.6 Å². The fourth-order valence-corrected chi connectivity index (χ4v) is 2.55. The Kier molecular flexibility index (Phi) is 4.33. The molecule has 4 nitrogen and oxygen atoms in total. The summed E-state index contributed by atoms with van der Waals surface area (Å²) in [6.07, 6.45) is 4.94. The molecule has 5 heteroatoms. The Morgan fingerprint density at radius 1 is 1.17 bits per heavy atom. The van der Waals surface area contributed by atoms with Gasteiger partial charge in [-0.1, -0.05) is 18.2 Å². The molecule has 0 N–H and O–H groups in total. The molecule has 0 aliphatic carbocycles. The second-order valence-corrected chi connectivity index (χ2v) is 6.94. The number of carbonyl (C=O) groups is 1. The van der Waals surface area contributed by atoms with Crippen molar-refractivity contribution in [2.75, 3.05) is 0 Å². The number of hydrogen-bond acceptors (Lipinski definition) is 3. The molecule has 2 heterocycles. The van der Waals surface area contributed by atoms with Crippen molar-refractivity contribution in [3.05, 3.63) is 54.5 Å². The SMILES string of the molecule is CC(C)(C)OC(=O)n1cc2ccc(-c3ccc(CCl)cn3)cc2c1. The smallest absolute Gasteiger partial charge is 0.418 e. The highest BCUT2D eigenvalue weighted by molar-refractivity contribution is 6.17. The number of alkyl halides is 1. The normalized spacial score (nSPS) is 11.7. The van der Waals surface area contributed by atoms with Crippen LogP contribution in [0.1, 0.15) is 26.3 Å². The molecular formula is C19H19ClN2O2. The van der Waals surface area contributed by atoms with E-state index in [4.69, 9.17) is 16.3 Å². The second-order valence-electron chi connectivity index (χ2n) is 6.67. The number of halogens is 1. The number of carbonyl (C=O) groups excluding carboxylic acids is 1. The van der Waals surface area contributed by atoms with Crippen LogP contribution in [0.15, 0.2) is 48.9 Å². The van der Waals surface area contributed by atoms with Gasteiger partial charge in [0, 0.05) is 40.8 Å². The number of nitrogens with zero attached hydrogens (tertiary/aromatic N) is 2. The van der Waals surface area contributed by atoms with Crippen molar-refractivity contribution in [3.63, 3.8) is 0 Å². The van der Waals surface area contributed by atoms with E-state index in [0.29, 0.717) is 5.88 Å². The molecule has 2 aromatic heterocycles. The third kappa shape index (κ3) is 3.60. The van der Waals surface area contributed by atoms with Crippen molar-refractivity contribution >= 4 is 28.5 Å². The van der Waals surface area contributed by atoms with Crippen LogP contribution in [0.2, 0.25) is 0 Å². The van der Waals surface area contributed by atoms with Crippen LogP contribution in [0.4, 0.5) is 4.79 Å². The van der Waals surface area contributed by atoms with E-state index in [0.717, 1.165) is 27.6 Å². The van der Waals surface area contributed by atoms with Crippen LogP contribution in [0.25, 0.3) is 22.0 Å². The van der Waals surface area contributed by atoms with Gasteiger partial charge in [0.05, 0.1) is 5.69 Å². The zero-order valence-electron chi connectivity index (χ0n) is 13.9. The first-order chi connectivity index (χ1) is 11.4. The van der Waals surface area contributed by atoms with Gasteiger partial charge in [0.1, 0.15) is 5.60 Å². The van der Waals surface area contributed by atoms with E-state index in [2.05, 4.69) is 4.98 Å². The lowest BCUT2D eigenvalue weighted by atomic mass is 10.1. The first-order valence-corrected chi connectivity index (χ1v) is 8.25. The van der Waals surface area contributed by atoms with E-state index in [-0.39, 0.29) is 6.09 Å². The Morgan fingerprint density at radius 2 is 1.92 bits per heavy atom. The number of ether oxygens (including phenoxy) is 1. The fourth-order valence-electron chi connectivity index (χ4n) is 2.39. The molecular weight excluding hydrogens is 324 g/mol. The quantitative estimate of drug-likeness (QED) is 0.599. The van der Waals surface area contributed by atoms with Crippen LogP contribution >= 0.6 is 11.6 Å². The molecule has 124 valence electrons. The van der Waals surface area contributed by atoms with E-state index < -0.39 is 5.60 Å². The van der Waals surface area contributed by atoms with Crippen molar-refractivity contribution < 1.29 is 9.53 Å². The molecule has 0 aliphatic rings. The zero-order chi connectivity index (χ0) is 17.3. The number of fused-ring (bicyclic) bond motifs is 1. The average Bonchev–Trinajstić information content (AvgIpc) is 2.96. The molecule has 3 aromatic rings. The monoisotopic (exact) mass is 342 g/mol. The predicted octanol–water partition coefficient (Wildman–Crippen LogP) is 5.23. The molecule has 0 spiro atoms. The summed E-state index contributed by atoms with van der Waals surface area (Å²) >= 11 is 5.79. The van der Waals surface area contributed by atoms with Crippen molar-refractivity contribution in [2.24, 2.45) is 0 Å². The Bertz CT molecular complexity index is 877. The first-order valence-electron chi connectivity index (χ1n) is 7.72. The summed E-state index contributed by atoms with van der Waals surface area (Å²) in [4.78, 5) is 16.6. The minimum absolute atomic E-state index is 0.384. The Balaban J connectivity index is 1.92. The molecule has 0 unspecified atom stereocenters. The summed E-state index contributed by atoms with van der Waals surface area (Å²) in [6, 6.07) is 9.89. The summed E-state index contributed by atoms with van der Waals surface area (Å²) in [5.41, 5.74) is 2.33. The molecule has 1 aromatic carbocycles. The minimum Gasteiger partial charge on any atom is -0.443 e. The van der Waals surface area contributed by atoms with Crippen LogP contribution in [0.5, 0.6) is 0 Å². The Morgan fingerprint density at radius 3 is 2.54 bits per heavy atom. The van der Waals surface area contributed by atoms with Crippen molar-refractivity contribution in [1.29, 1.82) is 0 Å². The summed E-state index contributed by atoms with van der Waals surface area (Å²) in [5, 5.41) is 1.93. The lowest BCUT2D eigenvalue weighted by Gasteiger charge is -2.19. The third-order valence-corrected chi connectivity index (χ3v) is 3.83. The third-order valence-electron chi connectivity index (χ3n) is 3.52. The van der Waals surface area contributed by atoms with Crippen LogP contribution < -0.4 is 0 Å². The topological polar surface area (TPSA) is 44.1 Å². The van der Waals surface area contributed by atoms with Crippen LogP contribution in [0.3, 0.4) is 0 Å². The van der Waals surface area contributed by atoms with E-state index >= 15 is 0 Å². The summed E-state index contributed by atoms with van der Waals surface area (Å²) in [5.74, 6) is 0.449. The molecule has 0 saturated carbocycles. The maximum atomic E-state index is 12.2. The van der Waals surface area contributed by atoms with Gasteiger partial charge in [0.2, 0.25) is 0 Å². The number of benzene rings is 1. The standard InChI is InChI=1S/C19H19ClN2O2/c1-19(2,3)24-18(23)22-11-15-6-5-14(8-16(15)12-22)17-7-4-13(9-20)10-21-17/h4-8,10-12H,9H2,1-3H3. The molecule has 0 saturated heterocycles. The zero-order valence-corrected chi connectivity index (χ0v) is 14.7. The van der Waals surface area contributed by atoms with Crippen LogP contribution in [-0.2, 0) is 10.6 Å². The largest absolute Gasteiger partial charge is 0.443 e. The maximum Gasteiger partial charge on any atom is 0.418 e. The minimum atomic E-state index is -0.521. The highest BCUT2D eigenvalue weighted by Crippen LogP contribution is 2.24. The van der Waals surface area contributed by atoms with Gasteiger partial charge in [0.25, 0.3) is 0 Å². The van der Waals surface area contributed by atoms with Crippen molar-refractivity contribution in [2.45, 2.75) is 32.3 Å². The molecule has 0 amide bonds. The number of hydrogen-bond donors (Lipinski definition) is 0. The van der Waals surface area contributed by atoms with Gasteiger partial charge in [-0.25, -0.2) is 4.79 Å². The Labute approximate surface area is 146 Å². The van der Waals surface area contributed by atoms with E-state index in [9.17, 15) is 4.79 Å². The number of rotatable bonds is 2. The summed E-state index contributed by atoms with van der Waals surface area (Å²) in [6.45, 7) is 5.55. The number of pyridine rings is 1. The van der Waals surface area contributed by atoms with Gasteiger partial charge >= 0.3 is 6.09 Å². The molecule has 3 rings (SSSR count). The van der Waals surface area contributed by atoms with Crippen LogP contribution in [0, 0.1) is 0 Å². The second kappa shape index (κ2) is 6.29. The fraction of sp³-hybridized carbons (Fsp3) is 0.263. The highest BCUT2D eigenvalue weighted by Gasteiger charge is 2.18. The van der Waals surface area contributed by atoms with Gasteiger partial charge in [-0.2, -0.15) is 0 Å².